The second-order valence-corrected chi connectivity index (χ2v) is 5.74. The molecule has 0 bridgehead atoms. The van der Waals surface area contributed by atoms with Crippen LogP contribution in [0.25, 0.3) is 11.0 Å². The van der Waals surface area contributed by atoms with Gasteiger partial charge in [-0.05, 0) is 36.5 Å². The van der Waals surface area contributed by atoms with Crippen molar-refractivity contribution in [3.63, 3.8) is 0 Å². The second kappa shape index (κ2) is 7.01. The Hall–Kier alpha value is -2.40. The van der Waals surface area contributed by atoms with Crippen molar-refractivity contribution in [2.45, 2.75) is 25.3 Å². The number of hydrogen-bond acceptors (Lipinski definition) is 5. The van der Waals surface area contributed by atoms with Crippen LogP contribution in [0, 0.1) is 0 Å². The molecule has 1 aliphatic carbocycles. The third-order valence-corrected chi connectivity index (χ3v) is 4.36. The highest BCUT2D eigenvalue weighted by Gasteiger charge is 2.20. The number of benzene rings is 1. The molecule has 1 atom stereocenters. The molecule has 0 saturated carbocycles. The Morgan fingerprint density at radius 3 is 2.88 bits per heavy atom. The van der Waals surface area contributed by atoms with Crippen LogP contribution in [0.1, 0.15) is 30.0 Å². The van der Waals surface area contributed by atoms with Gasteiger partial charge in [-0.2, -0.15) is 4.98 Å². The van der Waals surface area contributed by atoms with Crippen LogP contribution in [0.3, 0.4) is 0 Å². The lowest BCUT2D eigenvalue weighted by molar-refractivity contribution is 0.399. The van der Waals surface area contributed by atoms with Gasteiger partial charge in [-0.3, -0.25) is 0 Å². The molecule has 0 radical (unpaired) electrons. The summed E-state index contributed by atoms with van der Waals surface area (Å²) in [6, 6.07) is 12.7. The monoisotopic (exact) mass is 342 g/mol. The van der Waals surface area contributed by atoms with Gasteiger partial charge in [-0.1, -0.05) is 24.3 Å². The van der Waals surface area contributed by atoms with Crippen molar-refractivity contribution in [2.75, 3.05) is 12.4 Å². The number of aryl methyl sites for hydroxylation is 1. The molecule has 0 spiro atoms. The summed E-state index contributed by atoms with van der Waals surface area (Å²) in [5.41, 5.74) is 3.44. The molecule has 0 saturated heterocycles. The molecule has 1 aliphatic rings. The quantitative estimate of drug-likeness (QED) is 0.781. The fourth-order valence-electron chi connectivity index (χ4n) is 3.22. The zero-order valence-electron chi connectivity index (χ0n) is 13.4. The largest absolute Gasteiger partial charge is 0.481 e. The number of nitrogens with one attached hydrogen (secondary N) is 1. The Labute approximate surface area is 146 Å². The number of pyridine rings is 1. The fourth-order valence-corrected chi connectivity index (χ4v) is 3.22. The maximum Gasteiger partial charge on any atom is 0.215 e. The van der Waals surface area contributed by atoms with Crippen LogP contribution < -0.4 is 10.1 Å². The minimum absolute atomic E-state index is 0. The van der Waals surface area contributed by atoms with Gasteiger partial charge in [0, 0.05) is 6.07 Å². The summed E-state index contributed by atoms with van der Waals surface area (Å²) < 4.78 is 5.17. The first kappa shape index (κ1) is 16.5. The molecule has 1 unspecified atom stereocenters. The van der Waals surface area contributed by atoms with Crippen molar-refractivity contribution in [3.8, 4) is 5.88 Å². The smallest absolute Gasteiger partial charge is 0.215 e. The van der Waals surface area contributed by atoms with Crippen molar-refractivity contribution in [1.82, 2.24) is 15.0 Å². The molecule has 0 fully saturated rings. The molecular weight excluding hydrogens is 324 g/mol. The van der Waals surface area contributed by atoms with Gasteiger partial charge >= 0.3 is 0 Å². The normalized spacial score (nSPS) is 16.1. The number of aromatic nitrogens is 3. The van der Waals surface area contributed by atoms with Crippen LogP contribution >= 0.6 is 12.4 Å². The predicted octanol–water partition coefficient (Wildman–Crippen LogP) is 3.94. The van der Waals surface area contributed by atoms with Gasteiger partial charge in [0.2, 0.25) is 5.88 Å². The number of rotatable bonds is 3. The van der Waals surface area contributed by atoms with Crippen molar-refractivity contribution < 1.29 is 4.74 Å². The highest BCUT2D eigenvalue weighted by molar-refractivity contribution is 5.86. The molecule has 6 heteroatoms. The van der Waals surface area contributed by atoms with E-state index in [4.69, 9.17) is 4.74 Å². The Morgan fingerprint density at radius 2 is 2.00 bits per heavy atom. The Kier molecular flexibility index (Phi) is 4.81. The van der Waals surface area contributed by atoms with E-state index in [1.165, 1.54) is 17.5 Å². The first-order chi connectivity index (χ1) is 11.3. The van der Waals surface area contributed by atoms with Crippen molar-refractivity contribution in [1.29, 1.82) is 0 Å². The Morgan fingerprint density at radius 1 is 1.12 bits per heavy atom. The predicted molar refractivity (Wildman–Crippen MR) is 96.9 cm³/mol. The summed E-state index contributed by atoms with van der Waals surface area (Å²) in [7, 11) is 1.60. The van der Waals surface area contributed by atoms with Gasteiger partial charge in [-0.25, -0.2) is 9.97 Å². The van der Waals surface area contributed by atoms with E-state index in [-0.39, 0.29) is 18.4 Å². The molecule has 3 aromatic rings. The molecule has 124 valence electrons. The molecule has 2 aromatic heterocycles. The number of methoxy groups -OCH3 is 1. The first-order valence-electron chi connectivity index (χ1n) is 7.85. The van der Waals surface area contributed by atoms with Gasteiger partial charge < -0.3 is 10.1 Å². The Bertz CT molecular complexity index is 855. The lowest BCUT2D eigenvalue weighted by Crippen LogP contribution is -2.18. The van der Waals surface area contributed by atoms with Crippen LogP contribution in [0.15, 0.2) is 42.7 Å². The van der Waals surface area contributed by atoms with E-state index in [0.29, 0.717) is 11.5 Å². The average molecular weight is 343 g/mol. The SMILES string of the molecule is COc1ccc2c(NC3CCCc4ccccc43)ncnc2n1.Cl. The zero-order chi connectivity index (χ0) is 15.6. The van der Waals surface area contributed by atoms with Crippen molar-refractivity contribution >= 4 is 29.3 Å². The van der Waals surface area contributed by atoms with E-state index in [9.17, 15) is 0 Å². The highest BCUT2D eigenvalue weighted by atomic mass is 35.5. The van der Waals surface area contributed by atoms with Gasteiger partial charge in [0.1, 0.15) is 12.1 Å². The first-order valence-corrected chi connectivity index (χ1v) is 7.85. The maximum absolute atomic E-state index is 5.17. The van der Waals surface area contributed by atoms with Crippen LogP contribution in [-0.2, 0) is 6.42 Å². The van der Waals surface area contributed by atoms with Crippen LogP contribution in [0.2, 0.25) is 0 Å². The average Bonchev–Trinajstić information content (AvgIpc) is 2.62. The minimum Gasteiger partial charge on any atom is -0.481 e. The van der Waals surface area contributed by atoms with E-state index < -0.39 is 0 Å². The molecule has 5 nitrogen and oxygen atoms in total. The van der Waals surface area contributed by atoms with Crippen LogP contribution in [0.5, 0.6) is 5.88 Å². The number of anilines is 1. The Balaban J connectivity index is 0.00000169. The summed E-state index contributed by atoms with van der Waals surface area (Å²) in [6.45, 7) is 0. The van der Waals surface area contributed by atoms with Gasteiger partial charge in [0.15, 0.2) is 5.65 Å². The third kappa shape index (κ3) is 2.99. The van der Waals surface area contributed by atoms with E-state index in [1.54, 1.807) is 13.4 Å². The van der Waals surface area contributed by atoms with Gasteiger partial charge in [0.25, 0.3) is 0 Å². The molecule has 2 heterocycles. The van der Waals surface area contributed by atoms with E-state index in [1.807, 2.05) is 12.1 Å². The lowest BCUT2D eigenvalue weighted by atomic mass is 9.88. The zero-order valence-corrected chi connectivity index (χ0v) is 14.2. The number of fused-ring (bicyclic) bond motifs is 2. The number of halogens is 1. The fraction of sp³-hybridized carbons (Fsp3) is 0.278. The van der Waals surface area contributed by atoms with E-state index in [0.717, 1.165) is 24.0 Å². The summed E-state index contributed by atoms with van der Waals surface area (Å²) in [4.78, 5) is 13.1. The maximum atomic E-state index is 5.17. The lowest BCUT2D eigenvalue weighted by Gasteiger charge is -2.27. The molecule has 1 aromatic carbocycles. The number of hydrogen-bond donors (Lipinski definition) is 1. The summed E-state index contributed by atoms with van der Waals surface area (Å²) in [5.74, 6) is 1.39. The molecule has 24 heavy (non-hydrogen) atoms. The van der Waals surface area contributed by atoms with E-state index >= 15 is 0 Å². The van der Waals surface area contributed by atoms with Crippen molar-refractivity contribution in [2.24, 2.45) is 0 Å². The number of nitrogens with zero attached hydrogens (tertiary/aromatic N) is 3. The van der Waals surface area contributed by atoms with Crippen LogP contribution in [0.4, 0.5) is 5.82 Å². The molecule has 0 aliphatic heterocycles. The van der Waals surface area contributed by atoms with Gasteiger partial charge in [0.05, 0.1) is 18.5 Å². The summed E-state index contributed by atoms with van der Waals surface area (Å²) >= 11 is 0. The van der Waals surface area contributed by atoms with Crippen molar-refractivity contribution in [3.05, 3.63) is 53.9 Å². The standard InChI is InChI=1S/C18H18N4O.ClH/c1-23-16-10-9-14-17(19-11-20-18(14)22-16)21-15-8-4-6-12-5-2-3-7-13(12)15;/h2-3,5,7,9-11,15H,4,6,8H2,1H3,(H,19,20,21,22);1H. The minimum atomic E-state index is 0. The van der Waals surface area contributed by atoms with E-state index in [2.05, 4.69) is 44.5 Å². The molecule has 0 amide bonds. The van der Waals surface area contributed by atoms with Gasteiger partial charge in [-0.15, -0.1) is 12.4 Å². The molecule has 1 N–H and O–H groups in total. The second-order valence-electron chi connectivity index (χ2n) is 5.74. The molecule has 4 rings (SSSR count). The topological polar surface area (TPSA) is 59.9 Å². The highest BCUT2D eigenvalue weighted by Crippen LogP contribution is 2.33. The third-order valence-electron chi connectivity index (χ3n) is 4.36. The molecular formula is C18H19ClN4O. The summed E-state index contributed by atoms with van der Waals surface area (Å²) in [5, 5.41) is 4.50. The number of ether oxygens (including phenoxy) is 1. The summed E-state index contributed by atoms with van der Waals surface area (Å²) in [6.07, 6.45) is 4.99. The van der Waals surface area contributed by atoms with Crippen LogP contribution in [-0.4, -0.2) is 22.1 Å².